The Hall–Kier alpha value is 0.354. The van der Waals surface area contributed by atoms with Crippen molar-refractivity contribution in [1.29, 1.82) is 0 Å². The van der Waals surface area contributed by atoms with Crippen molar-refractivity contribution in [2.45, 2.75) is 136 Å². The van der Waals surface area contributed by atoms with Gasteiger partial charge in [0.05, 0.1) is 0 Å². The Bertz CT molecular complexity index is 282. The first kappa shape index (κ1) is 27.4. The van der Waals surface area contributed by atoms with Crippen molar-refractivity contribution in [2.24, 2.45) is 0 Å². The van der Waals surface area contributed by atoms with Gasteiger partial charge in [-0.05, 0) is 49.1 Å². The third kappa shape index (κ3) is 11.8. The van der Waals surface area contributed by atoms with Crippen LogP contribution in [0, 0.1) is 0 Å². The molecular weight excluding hydrogens is 364 g/mol. The Morgan fingerprint density at radius 3 is 1.00 bits per heavy atom. The molecule has 0 aromatic rings. The van der Waals surface area contributed by atoms with E-state index in [4.69, 9.17) is 8.85 Å². The van der Waals surface area contributed by atoms with Gasteiger partial charge in [-0.15, -0.1) is 0 Å². The molecule has 0 rings (SSSR count). The van der Waals surface area contributed by atoms with Gasteiger partial charge in [0, 0.05) is 13.2 Å². The smallest absolute Gasteiger partial charge is 0.192 e. The summed E-state index contributed by atoms with van der Waals surface area (Å²) in [4.78, 5) is 0. The topological polar surface area (TPSA) is 18.5 Å². The highest BCUT2D eigenvalue weighted by Crippen LogP contribution is 2.33. The molecular formula is C23H52O2Si2. The van der Waals surface area contributed by atoms with Crippen molar-refractivity contribution in [3.05, 3.63) is 0 Å². The minimum atomic E-state index is -1.55. The van der Waals surface area contributed by atoms with Crippen LogP contribution in [0.15, 0.2) is 0 Å². The zero-order valence-electron chi connectivity index (χ0n) is 19.8. The number of hydrogen-bond donors (Lipinski definition) is 0. The van der Waals surface area contributed by atoms with Gasteiger partial charge in [-0.1, -0.05) is 86.5 Å². The largest absolute Gasteiger partial charge is 0.417 e. The Morgan fingerprint density at radius 1 is 0.407 bits per heavy atom. The minimum Gasteiger partial charge on any atom is -0.417 e. The normalized spacial score (nSPS) is 12.7. The molecule has 0 atom stereocenters. The average Bonchev–Trinajstić information content (AvgIpc) is 2.63. The summed E-state index contributed by atoms with van der Waals surface area (Å²) in [6.45, 7) is 15.9. The molecule has 4 heteroatoms. The van der Waals surface area contributed by atoms with Gasteiger partial charge in [0.1, 0.15) is 0 Å². The molecule has 0 radical (unpaired) electrons. The maximum atomic E-state index is 6.70. The van der Waals surface area contributed by atoms with E-state index in [1.807, 2.05) is 0 Å². The molecule has 0 bridgehead atoms. The van der Waals surface area contributed by atoms with Gasteiger partial charge >= 0.3 is 0 Å². The fourth-order valence-electron chi connectivity index (χ4n) is 4.60. The lowest BCUT2D eigenvalue weighted by Gasteiger charge is -2.35. The maximum Gasteiger partial charge on any atom is 0.192 e. The standard InChI is InChI=1S/C23H52O2Si2/c1-7-13-16-24-26(18-9-3,19-10-4)22-15-23-27(20-11-5,21-12-6)25-17-14-8-2/h7-23H2,1-6H3. The molecule has 0 N–H and O–H groups in total. The fourth-order valence-corrected chi connectivity index (χ4v) is 13.8. The molecule has 164 valence electrons. The number of hydrogen-bond acceptors (Lipinski definition) is 2. The van der Waals surface area contributed by atoms with Crippen LogP contribution in [-0.2, 0) is 8.85 Å². The molecule has 0 saturated heterocycles. The quantitative estimate of drug-likeness (QED) is 0.146. The van der Waals surface area contributed by atoms with E-state index in [0.717, 1.165) is 13.2 Å². The van der Waals surface area contributed by atoms with E-state index in [1.54, 1.807) is 0 Å². The van der Waals surface area contributed by atoms with Crippen LogP contribution >= 0.6 is 0 Å². The second kappa shape index (κ2) is 17.2. The lowest BCUT2D eigenvalue weighted by atomic mass is 10.4. The zero-order chi connectivity index (χ0) is 20.4. The lowest BCUT2D eigenvalue weighted by molar-refractivity contribution is 0.283. The van der Waals surface area contributed by atoms with Gasteiger partial charge in [0.25, 0.3) is 0 Å². The highest BCUT2D eigenvalue weighted by molar-refractivity contribution is 6.75. The first-order chi connectivity index (χ1) is 13.1. The van der Waals surface area contributed by atoms with Gasteiger partial charge in [0.15, 0.2) is 16.6 Å². The Balaban J connectivity index is 4.97. The predicted molar refractivity (Wildman–Crippen MR) is 128 cm³/mol. The van der Waals surface area contributed by atoms with Gasteiger partial charge in [-0.25, -0.2) is 0 Å². The predicted octanol–water partition coefficient (Wildman–Crippen LogP) is 8.54. The van der Waals surface area contributed by atoms with Crippen LogP contribution in [0.3, 0.4) is 0 Å². The molecule has 0 aromatic heterocycles. The third-order valence-electron chi connectivity index (χ3n) is 5.90. The van der Waals surface area contributed by atoms with Gasteiger partial charge < -0.3 is 8.85 Å². The van der Waals surface area contributed by atoms with Crippen molar-refractivity contribution in [3.8, 4) is 0 Å². The first-order valence-corrected chi connectivity index (χ1v) is 17.4. The molecule has 0 aliphatic heterocycles. The summed E-state index contributed by atoms with van der Waals surface area (Å²) in [7, 11) is -3.10. The molecule has 0 aliphatic carbocycles. The van der Waals surface area contributed by atoms with Crippen molar-refractivity contribution in [3.63, 3.8) is 0 Å². The van der Waals surface area contributed by atoms with Crippen molar-refractivity contribution < 1.29 is 8.85 Å². The van der Waals surface area contributed by atoms with E-state index >= 15 is 0 Å². The SMILES string of the molecule is CCCCO[Si](CCC)(CCC)CCC[Si](CCC)(CCC)OCCCC. The highest BCUT2D eigenvalue weighted by Gasteiger charge is 2.36. The van der Waals surface area contributed by atoms with E-state index < -0.39 is 16.6 Å². The number of unbranched alkanes of at least 4 members (excludes halogenated alkanes) is 2. The fraction of sp³-hybridized carbons (Fsp3) is 1.00. The Morgan fingerprint density at radius 2 is 0.741 bits per heavy atom. The highest BCUT2D eigenvalue weighted by atomic mass is 28.4. The molecule has 0 saturated carbocycles. The van der Waals surface area contributed by atoms with Crippen molar-refractivity contribution in [1.82, 2.24) is 0 Å². The lowest BCUT2D eigenvalue weighted by Crippen LogP contribution is -2.41. The second-order valence-electron chi connectivity index (χ2n) is 8.62. The second-order valence-corrected chi connectivity index (χ2v) is 16.9. The van der Waals surface area contributed by atoms with E-state index in [2.05, 4.69) is 41.5 Å². The average molecular weight is 417 g/mol. The van der Waals surface area contributed by atoms with Crippen molar-refractivity contribution >= 4 is 16.6 Å². The summed E-state index contributed by atoms with van der Waals surface area (Å²) in [6.07, 6.45) is 11.5. The van der Waals surface area contributed by atoms with E-state index in [9.17, 15) is 0 Å². The van der Waals surface area contributed by atoms with Crippen LogP contribution in [-0.4, -0.2) is 29.8 Å². The van der Waals surface area contributed by atoms with Crippen LogP contribution in [0.2, 0.25) is 36.3 Å². The Kier molecular flexibility index (Phi) is 17.5. The van der Waals surface area contributed by atoms with Gasteiger partial charge in [0.2, 0.25) is 0 Å². The molecule has 0 aliphatic rings. The van der Waals surface area contributed by atoms with Gasteiger partial charge in [-0.3, -0.25) is 0 Å². The molecule has 0 heterocycles. The molecule has 0 spiro atoms. The monoisotopic (exact) mass is 416 g/mol. The summed E-state index contributed by atoms with van der Waals surface area (Å²) in [5.74, 6) is 0. The van der Waals surface area contributed by atoms with Crippen LogP contribution in [0.25, 0.3) is 0 Å². The summed E-state index contributed by atoms with van der Waals surface area (Å²) in [6, 6.07) is 8.18. The van der Waals surface area contributed by atoms with E-state index in [1.165, 1.54) is 94.1 Å². The van der Waals surface area contributed by atoms with Crippen LogP contribution < -0.4 is 0 Å². The van der Waals surface area contributed by atoms with Gasteiger partial charge in [-0.2, -0.15) is 0 Å². The van der Waals surface area contributed by atoms with E-state index in [-0.39, 0.29) is 0 Å². The molecule has 0 amide bonds. The summed E-state index contributed by atoms with van der Waals surface area (Å²) in [5.41, 5.74) is 0. The minimum absolute atomic E-state index is 1.00. The molecule has 0 fully saturated rings. The maximum absolute atomic E-state index is 6.70. The summed E-state index contributed by atoms with van der Waals surface area (Å²) < 4.78 is 13.4. The molecule has 0 aromatic carbocycles. The van der Waals surface area contributed by atoms with Crippen molar-refractivity contribution in [2.75, 3.05) is 13.2 Å². The third-order valence-corrected chi connectivity index (χ3v) is 15.7. The summed E-state index contributed by atoms with van der Waals surface area (Å²) in [5, 5.41) is 0. The van der Waals surface area contributed by atoms with Crippen LogP contribution in [0.5, 0.6) is 0 Å². The molecule has 0 unspecified atom stereocenters. The summed E-state index contributed by atoms with van der Waals surface area (Å²) >= 11 is 0. The van der Waals surface area contributed by atoms with Crippen LogP contribution in [0.4, 0.5) is 0 Å². The Labute approximate surface area is 174 Å². The first-order valence-electron chi connectivity index (χ1n) is 12.3. The zero-order valence-corrected chi connectivity index (χ0v) is 21.8. The van der Waals surface area contributed by atoms with Crippen LogP contribution in [0.1, 0.15) is 99.3 Å². The molecule has 27 heavy (non-hydrogen) atoms. The molecule has 2 nitrogen and oxygen atoms in total. The number of rotatable bonds is 20. The van der Waals surface area contributed by atoms with E-state index in [0.29, 0.717) is 0 Å².